The summed E-state index contributed by atoms with van der Waals surface area (Å²) < 4.78 is 11.8. The lowest BCUT2D eigenvalue weighted by Crippen LogP contribution is -2.51. The molecular weight excluding hydrogens is 424 g/mol. The first kappa shape index (κ1) is 23.8. The maximum Gasteiger partial charge on any atom is 0.0969 e. The number of piperidine rings is 1. The fraction of sp³-hybridized carbons (Fsp3) is 0.750. The molecule has 0 bridgehead atoms. The van der Waals surface area contributed by atoms with E-state index >= 15 is 0 Å². The van der Waals surface area contributed by atoms with Gasteiger partial charge >= 0.3 is 0 Å². The number of rotatable bonds is 7. The van der Waals surface area contributed by atoms with Crippen LogP contribution in [0.1, 0.15) is 54.8 Å². The summed E-state index contributed by atoms with van der Waals surface area (Å²) in [4.78, 5) is 9.86. The van der Waals surface area contributed by atoms with E-state index in [2.05, 4.69) is 34.9 Å². The second kappa shape index (κ2) is 10.7. The highest BCUT2D eigenvalue weighted by molar-refractivity contribution is 7.12. The Labute approximate surface area is 195 Å². The monoisotopic (exact) mass is 462 g/mol. The van der Waals surface area contributed by atoms with Gasteiger partial charge in [-0.25, -0.2) is 0 Å². The van der Waals surface area contributed by atoms with Gasteiger partial charge in [0.25, 0.3) is 0 Å². The van der Waals surface area contributed by atoms with Crippen LogP contribution in [0.25, 0.3) is 0 Å². The molecule has 0 radical (unpaired) electrons. The molecule has 178 valence electrons. The van der Waals surface area contributed by atoms with Gasteiger partial charge in [-0.05, 0) is 56.6 Å². The van der Waals surface area contributed by atoms with Gasteiger partial charge in [0.1, 0.15) is 0 Å². The predicted octanol–water partition coefficient (Wildman–Crippen LogP) is 2.74. The molecule has 2 fully saturated rings. The zero-order valence-corrected chi connectivity index (χ0v) is 20.3. The van der Waals surface area contributed by atoms with E-state index < -0.39 is 6.10 Å². The summed E-state index contributed by atoms with van der Waals surface area (Å²) in [6, 6.07) is 2.75. The number of thiophene rings is 1. The summed E-state index contributed by atoms with van der Waals surface area (Å²) in [5.41, 5.74) is 2.05. The van der Waals surface area contributed by atoms with Crippen LogP contribution in [0.2, 0.25) is 0 Å². The highest BCUT2D eigenvalue weighted by atomic mass is 32.1. The predicted molar refractivity (Wildman–Crippen MR) is 130 cm³/mol. The standard InChI is InChI=1S/C24H38N4O3S/c1-3-20-12-21-23(32-20)6-11-31-24(21)7-8-28(17(2)13-24)16-19(27-25)14-26-15-22(29)18-4-9-30-10-5-18/h12,14,17-18,22,29H,3-11,13,15-16,25H2,1-2H3/b26-14?,27-19+/t17-,22?,24+/m0/s1. The Morgan fingerprint density at radius 3 is 2.94 bits per heavy atom. The minimum Gasteiger partial charge on any atom is -0.391 e. The van der Waals surface area contributed by atoms with Crippen molar-refractivity contribution < 1.29 is 14.6 Å². The van der Waals surface area contributed by atoms with E-state index in [1.54, 1.807) is 6.21 Å². The number of fused-ring (bicyclic) bond motifs is 2. The van der Waals surface area contributed by atoms with Crippen LogP contribution in [0.3, 0.4) is 0 Å². The fourth-order valence-electron chi connectivity index (χ4n) is 5.35. The quantitative estimate of drug-likeness (QED) is 0.369. The third kappa shape index (κ3) is 5.25. The molecule has 2 saturated heterocycles. The van der Waals surface area contributed by atoms with E-state index in [1.165, 1.54) is 15.3 Å². The lowest BCUT2D eigenvalue weighted by Gasteiger charge is -2.47. The SMILES string of the molecule is CCc1cc2c(s1)CCO[C@@]21CCN(C/C(C=NCC(O)C2CCOCC2)=N/N)[C@@H](C)C1. The molecule has 8 heteroatoms. The second-order valence-corrected chi connectivity index (χ2v) is 10.6. The minimum absolute atomic E-state index is 0.144. The zero-order chi connectivity index (χ0) is 22.6. The summed E-state index contributed by atoms with van der Waals surface area (Å²) in [7, 11) is 0. The Hall–Kier alpha value is -1.32. The molecule has 32 heavy (non-hydrogen) atoms. The van der Waals surface area contributed by atoms with E-state index in [0.717, 1.165) is 70.6 Å². The number of hydrogen-bond acceptors (Lipinski definition) is 8. The lowest BCUT2D eigenvalue weighted by molar-refractivity contribution is -0.108. The molecule has 4 heterocycles. The van der Waals surface area contributed by atoms with Crippen LogP contribution < -0.4 is 5.84 Å². The van der Waals surface area contributed by atoms with E-state index in [1.807, 2.05) is 11.3 Å². The molecular formula is C24H38N4O3S. The molecule has 3 atom stereocenters. The molecule has 1 spiro atoms. The number of aliphatic hydroxyl groups is 1. The first-order chi connectivity index (χ1) is 15.5. The van der Waals surface area contributed by atoms with Crippen molar-refractivity contribution >= 4 is 23.3 Å². The minimum atomic E-state index is -0.431. The molecule has 0 saturated carbocycles. The molecule has 4 rings (SSSR count). The van der Waals surface area contributed by atoms with Gasteiger partial charge in [0.2, 0.25) is 0 Å². The molecule has 0 aliphatic carbocycles. The van der Waals surface area contributed by atoms with Gasteiger partial charge in [0, 0.05) is 54.7 Å². The molecule has 3 N–H and O–H groups in total. The largest absolute Gasteiger partial charge is 0.391 e. The van der Waals surface area contributed by atoms with Crippen LogP contribution in [0.5, 0.6) is 0 Å². The summed E-state index contributed by atoms with van der Waals surface area (Å²) >= 11 is 1.97. The molecule has 0 aromatic carbocycles. The number of hydrazone groups is 1. The Morgan fingerprint density at radius 1 is 1.41 bits per heavy atom. The number of aliphatic hydroxyl groups excluding tert-OH is 1. The zero-order valence-electron chi connectivity index (χ0n) is 19.5. The first-order valence-corrected chi connectivity index (χ1v) is 12.9. The van der Waals surface area contributed by atoms with E-state index in [9.17, 15) is 5.11 Å². The maximum absolute atomic E-state index is 10.4. The smallest absolute Gasteiger partial charge is 0.0969 e. The molecule has 1 aromatic heterocycles. The molecule has 1 aromatic rings. The van der Waals surface area contributed by atoms with Gasteiger partial charge in [-0.2, -0.15) is 5.10 Å². The van der Waals surface area contributed by atoms with Gasteiger partial charge in [-0.3, -0.25) is 9.89 Å². The van der Waals surface area contributed by atoms with Gasteiger partial charge in [-0.15, -0.1) is 11.3 Å². The number of nitrogens with two attached hydrogens (primary N) is 1. The Balaban J connectivity index is 1.33. The Bertz CT molecular complexity index is 820. The summed E-state index contributed by atoms with van der Waals surface area (Å²) in [5.74, 6) is 5.95. The number of aryl methyl sites for hydroxylation is 1. The number of aliphatic imine (C=N–C) groups is 1. The van der Waals surface area contributed by atoms with Crippen molar-refractivity contribution in [2.45, 2.75) is 70.1 Å². The van der Waals surface area contributed by atoms with Crippen LogP contribution >= 0.6 is 11.3 Å². The van der Waals surface area contributed by atoms with E-state index in [-0.39, 0.29) is 11.5 Å². The van der Waals surface area contributed by atoms with Crippen molar-refractivity contribution in [3.05, 3.63) is 21.4 Å². The normalized spacial score (nSPS) is 29.0. The fourth-order valence-corrected chi connectivity index (χ4v) is 6.53. The Kier molecular flexibility index (Phi) is 8.00. The second-order valence-electron chi connectivity index (χ2n) is 9.40. The molecule has 3 aliphatic heterocycles. The lowest BCUT2D eigenvalue weighted by atomic mass is 9.79. The van der Waals surface area contributed by atoms with Gasteiger partial charge in [0.15, 0.2) is 0 Å². The van der Waals surface area contributed by atoms with Crippen molar-refractivity contribution in [3.63, 3.8) is 0 Å². The van der Waals surface area contributed by atoms with Gasteiger partial charge in [-0.1, -0.05) is 6.92 Å². The summed E-state index contributed by atoms with van der Waals surface area (Å²) in [6.07, 6.45) is 7.21. The first-order valence-electron chi connectivity index (χ1n) is 12.1. The number of likely N-dealkylation sites (tertiary alicyclic amines) is 1. The third-order valence-electron chi connectivity index (χ3n) is 7.33. The summed E-state index contributed by atoms with van der Waals surface area (Å²) in [5, 5.41) is 14.4. The van der Waals surface area contributed by atoms with Gasteiger partial charge in [0.05, 0.1) is 30.6 Å². The number of nitrogens with zero attached hydrogens (tertiary/aromatic N) is 3. The molecule has 1 unspecified atom stereocenters. The van der Waals surface area contributed by atoms with Crippen molar-refractivity contribution in [1.82, 2.24) is 4.90 Å². The van der Waals surface area contributed by atoms with Crippen LogP contribution in [0.4, 0.5) is 0 Å². The molecule has 0 amide bonds. The van der Waals surface area contributed by atoms with Crippen LogP contribution in [0, 0.1) is 5.92 Å². The van der Waals surface area contributed by atoms with Gasteiger partial charge < -0.3 is 20.4 Å². The van der Waals surface area contributed by atoms with Crippen molar-refractivity contribution in [3.8, 4) is 0 Å². The Morgan fingerprint density at radius 2 is 2.22 bits per heavy atom. The number of ether oxygens (including phenoxy) is 2. The van der Waals surface area contributed by atoms with Crippen molar-refractivity contribution in [2.75, 3.05) is 39.5 Å². The highest BCUT2D eigenvalue weighted by Crippen LogP contribution is 2.46. The number of hydrogen-bond donors (Lipinski definition) is 2. The van der Waals surface area contributed by atoms with Crippen LogP contribution in [-0.4, -0.2) is 73.5 Å². The highest BCUT2D eigenvalue weighted by Gasteiger charge is 2.44. The summed E-state index contributed by atoms with van der Waals surface area (Å²) in [6.45, 7) is 8.77. The van der Waals surface area contributed by atoms with Crippen LogP contribution in [-0.2, 0) is 27.9 Å². The van der Waals surface area contributed by atoms with Crippen molar-refractivity contribution in [2.24, 2.45) is 21.9 Å². The molecule has 7 nitrogen and oxygen atoms in total. The topological polar surface area (TPSA) is 92.7 Å². The van der Waals surface area contributed by atoms with Crippen LogP contribution in [0.15, 0.2) is 16.2 Å². The maximum atomic E-state index is 10.4. The average Bonchev–Trinajstić information content (AvgIpc) is 3.26. The van der Waals surface area contributed by atoms with E-state index in [4.69, 9.17) is 15.3 Å². The average molecular weight is 463 g/mol. The third-order valence-corrected chi connectivity index (χ3v) is 8.67. The molecule has 3 aliphatic rings. The van der Waals surface area contributed by atoms with Crippen molar-refractivity contribution in [1.29, 1.82) is 0 Å². The van der Waals surface area contributed by atoms with E-state index in [0.29, 0.717) is 19.1 Å².